The first-order valence-electron chi connectivity index (χ1n) is 12.0. The second kappa shape index (κ2) is 9.48. The normalized spacial score (nSPS) is 15.3. The van der Waals surface area contributed by atoms with Gasteiger partial charge in [-0.15, -0.1) is 10.2 Å². The van der Waals surface area contributed by atoms with Gasteiger partial charge < -0.3 is 10.1 Å². The van der Waals surface area contributed by atoms with Crippen molar-refractivity contribution in [2.75, 3.05) is 31.6 Å². The molecule has 6 rings (SSSR count). The number of hydrogen-bond acceptors (Lipinski definition) is 8. The zero-order chi connectivity index (χ0) is 24.5. The molecule has 5 heterocycles. The van der Waals surface area contributed by atoms with Crippen molar-refractivity contribution in [2.24, 2.45) is 7.05 Å². The number of aryl methyl sites for hydroxylation is 2. The molecule has 182 valence electrons. The highest BCUT2D eigenvalue weighted by molar-refractivity contribution is 5.65. The number of ether oxygens (including phenoxy) is 1. The summed E-state index contributed by atoms with van der Waals surface area (Å²) in [5.74, 6) is 2.21. The molecule has 1 atom stereocenters. The van der Waals surface area contributed by atoms with Gasteiger partial charge >= 0.3 is 0 Å². The second-order valence-corrected chi connectivity index (χ2v) is 8.89. The van der Waals surface area contributed by atoms with Crippen molar-refractivity contribution < 1.29 is 4.74 Å². The fourth-order valence-corrected chi connectivity index (χ4v) is 4.55. The molecule has 0 bridgehead atoms. The van der Waals surface area contributed by atoms with Gasteiger partial charge in [0.1, 0.15) is 5.82 Å². The zero-order valence-electron chi connectivity index (χ0n) is 20.2. The summed E-state index contributed by atoms with van der Waals surface area (Å²) in [5.41, 5.74) is 4.94. The number of aromatic nitrogens is 7. The first-order chi connectivity index (χ1) is 17.7. The molecule has 0 amide bonds. The highest BCUT2D eigenvalue weighted by Gasteiger charge is 2.28. The lowest BCUT2D eigenvalue weighted by Crippen LogP contribution is -2.40. The van der Waals surface area contributed by atoms with E-state index in [0.717, 1.165) is 41.6 Å². The minimum Gasteiger partial charge on any atom is -0.379 e. The van der Waals surface area contributed by atoms with E-state index in [9.17, 15) is 0 Å². The third-order valence-corrected chi connectivity index (χ3v) is 6.50. The van der Waals surface area contributed by atoms with Gasteiger partial charge in [0, 0.05) is 44.2 Å². The van der Waals surface area contributed by atoms with E-state index in [4.69, 9.17) is 9.72 Å². The number of rotatable bonds is 6. The van der Waals surface area contributed by atoms with Crippen molar-refractivity contribution in [3.05, 3.63) is 84.1 Å². The lowest BCUT2D eigenvalue weighted by molar-refractivity contribution is 0.0222. The Morgan fingerprint density at radius 3 is 2.58 bits per heavy atom. The Labute approximate surface area is 208 Å². The minimum atomic E-state index is -0.0101. The second-order valence-electron chi connectivity index (χ2n) is 8.89. The quantitative estimate of drug-likeness (QED) is 0.394. The molecule has 0 radical (unpaired) electrons. The van der Waals surface area contributed by atoms with Crippen LogP contribution in [0, 0.1) is 6.92 Å². The van der Waals surface area contributed by atoms with Gasteiger partial charge in [0.05, 0.1) is 31.1 Å². The van der Waals surface area contributed by atoms with Crippen LogP contribution in [0.2, 0.25) is 0 Å². The average molecular weight is 482 g/mol. The molecular formula is C26H27N9O. The summed E-state index contributed by atoms with van der Waals surface area (Å²) in [5, 5.41) is 16.6. The van der Waals surface area contributed by atoms with E-state index < -0.39 is 0 Å². The van der Waals surface area contributed by atoms with Crippen LogP contribution in [-0.2, 0) is 11.8 Å². The van der Waals surface area contributed by atoms with E-state index in [1.54, 1.807) is 17.1 Å². The maximum atomic E-state index is 5.62. The van der Waals surface area contributed by atoms with Crippen LogP contribution >= 0.6 is 0 Å². The number of fused-ring (bicyclic) bond motifs is 1. The molecule has 1 N–H and O–H groups in total. The number of nitrogens with zero attached hydrogens (tertiary/aromatic N) is 8. The maximum absolute atomic E-state index is 5.62. The molecule has 1 unspecified atom stereocenters. The van der Waals surface area contributed by atoms with E-state index in [2.05, 4.69) is 66.1 Å². The van der Waals surface area contributed by atoms with Crippen LogP contribution in [0.25, 0.3) is 16.9 Å². The Kier molecular flexibility index (Phi) is 5.88. The summed E-state index contributed by atoms with van der Waals surface area (Å²) < 4.78 is 9.42. The number of hydrogen-bond donors (Lipinski definition) is 1. The summed E-state index contributed by atoms with van der Waals surface area (Å²) in [6, 6.07) is 16.5. The van der Waals surface area contributed by atoms with Crippen LogP contribution < -0.4 is 5.32 Å². The maximum Gasteiger partial charge on any atom is 0.228 e. The Morgan fingerprint density at radius 2 is 1.81 bits per heavy atom. The molecule has 0 spiro atoms. The van der Waals surface area contributed by atoms with Crippen LogP contribution in [0.15, 0.2) is 67.1 Å². The Hall–Kier alpha value is -4.15. The van der Waals surface area contributed by atoms with Gasteiger partial charge in [-0.1, -0.05) is 29.8 Å². The number of morpholine rings is 1. The molecule has 0 saturated carbocycles. The summed E-state index contributed by atoms with van der Waals surface area (Å²) in [6.07, 6.45) is 5.49. The number of nitrogens with one attached hydrogen (secondary N) is 1. The summed E-state index contributed by atoms with van der Waals surface area (Å²) in [4.78, 5) is 11.5. The van der Waals surface area contributed by atoms with Crippen molar-refractivity contribution >= 4 is 17.4 Å². The van der Waals surface area contributed by atoms with Gasteiger partial charge in [-0.3, -0.25) is 14.0 Å². The van der Waals surface area contributed by atoms with Crippen LogP contribution in [0.1, 0.15) is 23.0 Å². The van der Waals surface area contributed by atoms with E-state index in [1.807, 2.05) is 37.5 Å². The third-order valence-electron chi connectivity index (χ3n) is 6.50. The van der Waals surface area contributed by atoms with Crippen LogP contribution in [0.3, 0.4) is 0 Å². The van der Waals surface area contributed by atoms with E-state index >= 15 is 0 Å². The van der Waals surface area contributed by atoms with Crippen LogP contribution in [-0.4, -0.2) is 65.5 Å². The van der Waals surface area contributed by atoms with Crippen molar-refractivity contribution in [2.45, 2.75) is 13.0 Å². The lowest BCUT2D eigenvalue weighted by atomic mass is 10.0. The van der Waals surface area contributed by atoms with Gasteiger partial charge in [0.15, 0.2) is 11.5 Å². The van der Waals surface area contributed by atoms with Crippen molar-refractivity contribution in [1.82, 2.24) is 39.2 Å². The largest absolute Gasteiger partial charge is 0.379 e. The van der Waals surface area contributed by atoms with Gasteiger partial charge in [-0.2, -0.15) is 5.10 Å². The lowest BCUT2D eigenvalue weighted by Gasteiger charge is -2.33. The molecule has 1 aliphatic rings. The molecule has 4 aromatic heterocycles. The molecule has 1 fully saturated rings. The first kappa shape index (κ1) is 22.3. The Bertz CT molecular complexity index is 1490. The summed E-state index contributed by atoms with van der Waals surface area (Å²) >= 11 is 0. The molecule has 10 heteroatoms. The van der Waals surface area contributed by atoms with Crippen LogP contribution in [0.4, 0.5) is 11.8 Å². The summed E-state index contributed by atoms with van der Waals surface area (Å²) in [7, 11) is 1.86. The number of pyridine rings is 1. The van der Waals surface area contributed by atoms with Gasteiger partial charge in [0.2, 0.25) is 5.95 Å². The monoisotopic (exact) mass is 481 g/mol. The summed E-state index contributed by atoms with van der Waals surface area (Å²) in [6.45, 7) is 5.22. The highest BCUT2D eigenvalue weighted by atomic mass is 16.5. The smallest absolute Gasteiger partial charge is 0.228 e. The van der Waals surface area contributed by atoms with Crippen molar-refractivity contribution in [1.29, 1.82) is 0 Å². The molecule has 10 nitrogen and oxygen atoms in total. The topological polar surface area (TPSA) is 98.3 Å². The zero-order valence-corrected chi connectivity index (χ0v) is 20.2. The SMILES string of the molecule is Cc1ccc(C(c2nnc3cc(-c4ccnc(Nc5ccnn5C)n4)ccn23)N2CCOCC2)cc1. The molecule has 1 saturated heterocycles. The Morgan fingerprint density at radius 1 is 0.972 bits per heavy atom. The first-order valence-corrected chi connectivity index (χ1v) is 12.0. The fraction of sp³-hybridized carbons (Fsp3) is 0.269. The van der Waals surface area contributed by atoms with Gasteiger partial charge in [-0.05, 0) is 30.7 Å². The number of anilines is 2. The highest BCUT2D eigenvalue weighted by Crippen LogP contribution is 2.30. The van der Waals surface area contributed by atoms with Crippen LogP contribution in [0.5, 0.6) is 0 Å². The average Bonchev–Trinajstić information content (AvgIpc) is 3.52. The van der Waals surface area contributed by atoms with E-state index in [0.29, 0.717) is 19.2 Å². The van der Waals surface area contributed by atoms with Crippen molar-refractivity contribution in [3.8, 4) is 11.3 Å². The fourth-order valence-electron chi connectivity index (χ4n) is 4.55. The molecular weight excluding hydrogens is 454 g/mol. The Balaban J connectivity index is 1.35. The van der Waals surface area contributed by atoms with Gasteiger partial charge in [-0.25, -0.2) is 9.97 Å². The standard InChI is InChI=1S/C26H27N9O/c1-18-3-5-19(6-4-18)24(34-13-15-36-16-14-34)25-32-31-23-17-20(9-12-35(23)25)21-7-10-27-26(29-21)30-22-8-11-28-33(22)2/h3-12,17,24H,13-16H2,1-2H3,(H,27,29,30). The molecule has 1 aliphatic heterocycles. The van der Waals surface area contributed by atoms with E-state index in [1.165, 1.54) is 11.1 Å². The number of benzene rings is 1. The predicted molar refractivity (Wildman–Crippen MR) is 136 cm³/mol. The van der Waals surface area contributed by atoms with Crippen molar-refractivity contribution in [3.63, 3.8) is 0 Å². The van der Waals surface area contributed by atoms with E-state index in [-0.39, 0.29) is 6.04 Å². The molecule has 1 aromatic carbocycles. The minimum absolute atomic E-state index is 0.0101. The predicted octanol–water partition coefficient (Wildman–Crippen LogP) is 3.39. The van der Waals surface area contributed by atoms with Gasteiger partial charge in [0.25, 0.3) is 0 Å². The third kappa shape index (κ3) is 4.32. The molecule has 0 aliphatic carbocycles. The molecule has 36 heavy (non-hydrogen) atoms. The molecule has 5 aromatic rings.